The average molecular weight is 440 g/mol. The number of phenolic OH excluding ortho intramolecular Hbond substituents is 1. The van der Waals surface area contributed by atoms with Crippen molar-refractivity contribution in [2.45, 2.75) is 19.4 Å². The third-order valence-corrected chi connectivity index (χ3v) is 5.24. The lowest BCUT2D eigenvalue weighted by atomic mass is 9.90. The Hall–Kier alpha value is -3.19. The molecule has 6 nitrogen and oxygen atoms in total. The topological polar surface area (TPSA) is 84.9 Å². The molecule has 0 spiro atoms. The molecular weight excluding hydrogens is 414 g/mol. The Morgan fingerprint density at radius 3 is 2.39 bits per heavy atom. The summed E-state index contributed by atoms with van der Waals surface area (Å²) in [6.07, 6.45) is -0.727. The van der Waals surface area contributed by atoms with E-state index in [1.165, 1.54) is 0 Å². The summed E-state index contributed by atoms with van der Waals surface area (Å²) in [7, 11) is 0. The highest BCUT2D eigenvalue weighted by molar-refractivity contribution is 7.81. The molecule has 0 saturated carbocycles. The van der Waals surface area contributed by atoms with Crippen molar-refractivity contribution >= 4 is 41.2 Å². The van der Waals surface area contributed by atoms with Crippen LogP contribution in [-0.4, -0.2) is 29.5 Å². The Kier molecular flexibility index (Phi) is 7.78. The maximum Gasteiger partial charge on any atom is 0.412 e. The number of hydrogen-bond acceptors (Lipinski definition) is 6. The summed E-state index contributed by atoms with van der Waals surface area (Å²) in [6.45, 7) is 2.12. The maximum absolute atomic E-state index is 12.7. The van der Waals surface area contributed by atoms with Gasteiger partial charge in [-0.15, -0.1) is 0 Å². The van der Waals surface area contributed by atoms with E-state index in [-0.39, 0.29) is 24.0 Å². The van der Waals surface area contributed by atoms with Gasteiger partial charge in [0.25, 0.3) is 0 Å². The van der Waals surface area contributed by atoms with E-state index in [0.717, 1.165) is 10.9 Å². The van der Waals surface area contributed by atoms with E-state index in [1.54, 1.807) is 24.3 Å². The number of hydrogen-bond donors (Lipinski definition) is 3. The maximum atomic E-state index is 12.7. The van der Waals surface area contributed by atoms with Gasteiger partial charge in [-0.2, -0.15) is 12.6 Å². The number of thiol groups is 1. The van der Waals surface area contributed by atoms with Crippen LogP contribution < -0.4 is 5.32 Å². The van der Waals surface area contributed by atoms with Gasteiger partial charge in [0, 0.05) is 22.6 Å². The van der Waals surface area contributed by atoms with Crippen molar-refractivity contribution < 1.29 is 24.2 Å². The van der Waals surface area contributed by atoms with Crippen LogP contribution >= 0.6 is 12.6 Å². The second kappa shape index (κ2) is 10.7. The second-order valence-corrected chi connectivity index (χ2v) is 7.50. The van der Waals surface area contributed by atoms with Crippen molar-refractivity contribution in [1.29, 1.82) is 0 Å². The normalized spacial score (nSPS) is 12.7. The van der Waals surface area contributed by atoms with Crippen LogP contribution in [-0.2, 0) is 14.3 Å². The molecule has 162 valence electrons. The predicted molar refractivity (Wildman–Crippen MR) is 123 cm³/mol. The molecule has 0 fully saturated rings. The van der Waals surface area contributed by atoms with Crippen molar-refractivity contribution in [1.82, 2.24) is 0 Å². The first-order chi connectivity index (χ1) is 15.0. The number of ether oxygens (including phenoxy) is 2. The van der Waals surface area contributed by atoms with E-state index in [1.807, 2.05) is 49.4 Å². The van der Waals surface area contributed by atoms with Crippen molar-refractivity contribution in [2.24, 2.45) is 5.92 Å². The zero-order valence-corrected chi connectivity index (χ0v) is 18.0. The van der Waals surface area contributed by atoms with Gasteiger partial charge in [0.2, 0.25) is 0 Å². The summed E-state index contributed by atoms with van der Waals surface area (Å²) in [4.78, 5) is 24.1. The number of nitrogens with one attached hydrogen (secondary N) is 1. The van der Waals surface area contributed by atoms with Gasteiger partial charge in [0.1, 0.15) is 11.9 Å². The highest BCUT2D eigenvalue weighted by Crippen LogP contribution is 2.37. The van der Waals surface area contributed by atoms with Crippen LogP contribution in [0.2, 0.25) is 0 Å². The fourth-order valence-corrected chi connectivity index (χ4v) is 3.47. The number of amides is 1. The summed E-state index contributed by atoms with van der Waals surface area (Å²) < 4.78 is 11.0. The number of benzene rings is 3. The zero-order chi connectivity index (χ0) is 22.2. The monoisotopic (exact) mass is 439 g/mol. The van der Waals surface area contributed by atoms with Crippen LogP contribution in [0, 0.1) is 5.92 Å². The summed E-state index contributed by atoms with van der Waals surface area (Å²) in [5, 5.41) is 14.4. The smallest absolute Gasteiger partial charge is 0.412 e. The largest absolute Gasteiger partial charge is 0.507 e. The lowest BCUT2D eigenvalue weighted by Crippen LogP contribution is -2.23. The highest BCUT2D eigenvalue weighted by atomic mass is 32.1. The van der Waals surface area contributed by atoms with Gasteiger partial charge in [-0.3, -0.25) is 10.1 Å². The molecule has 7 heteroatoms. The first-order valence-corrected chi connectivity index (χ1v) is 10.6. The van der Waals surface area contributed by atoms with Crippen LogP contribution in [0.4, 0.5) is 10.5 Å². The van der Waals surface area contributed by atoms with Gasteiger partial charge in [-0.1, -0.05) is 55.5 Å². The number of anilines is 1. The van der Waals surface area contributed by atoms with Crippen molar-refractivity contribution in [2.75, 3.05) is 17.7 Å². The van der Waals surface area contributed by atoms with Crippen molar-refractivity contribution in [3.8, 4) is 5.75 Å². The number of carbonyl (C=O) groups is 2. The molecule has 2 atom stereocenters. The molecule has 3 aromatic rings. The van der Waals surface area contributed by atoms with Gasteiger partial charge < -0.3 is 14.6 Å². The number of para-hydroxylation sites is 1. The average Bonchev–Trinajstić information content (AvgIpc) is 2.78. The molecular formula is C24H25NO5S. The molecule has 3 aromatic carbocycles. The number of rotatable bonds is 8. The van der Waals surface area contributed by atoms with Gasteiger partial charge in [-0.25, -0.2) is 4.79 Å². The van der Waals surface area contributed by atoms with E-state index in [2.05, 4.69) is 17.9 Å². The summed E-state index contributed by atoms with van der Waals surface area (Å²) in [5.74, 6) is -0.398. The van der Waals surface area contributed by atoms with Crippen LogP contribution in [0.1, 0.15) is 25.0 Å². The lowest BCUT2D eigenvalue weighted by molar-refractivity contribution is -0.141. The van der Waals surface area contributed by atoms with Gasteiger partial charge >= 0.3 is 12.1 Å². The Morgan fingerprint density at radius 1 is 1.00 bits per heavy atom. The van der Waals surface area contributed by atoms with E-state index < -0.39 is 18.2 Å². The Labute approximate surface area is 186 Å². The summed E-state index contributed by atoms with van der Waals surface area (Å²) >= 11 is 3.90. The molecule has 0 aliphatic rings. The molecule has 0 bridgehead atoms. The first-order valence-electron chi connectivity index (χ1n) is 9.99. The third kappa shape index (κ3) is 5.92. The first kappa shape index (κ1) is 22.5. The zero-order valence-electron chi connectivity index (χ0n) is 17.2. The Morgan fingerprint density at radius 2 is 1.68 bits per heavy atom. The minimum absolute atomic E-state index is 0.0103. The van der Waals surface area contributed by atoms with Gasteiger partial charge in [0.05, 0.1) is 12.4 Å². The number of aromatic hydroxyl groups is 1. The minimum atomic E-state index is -0.621. The Balaban J connectivity index is 1.86. The van der Waals surface area contributed by atoms with Crippen molar-refractivity contribution in [3.05, 3.63) is 72.3 Å². The number of fused-ring (bicyclic) bond motifs is 1. The fraction of sp³-hybridized carbons (Fsp3) is 0.250. The van der Waals surface area contributed by atoms with Crippen LogP contribution in [0.5, 0.6) is 5.75 Å². The molecule has 2 N–H and O–H groups in total. The standard InChI is InChI=1S/C24H25NO5S/c1-16(13-14-29-22(27)15-31)23(30-24(28)25-17-7-3-2-4-8-17)20-11-12-21(26)19-10-6-5-9-18(19)20/h2-12,16,23,26,31H,13-15H2,1H3,(H,25,28)/t16-,23-/m1/s1. The van der Waals surface area contributed by atoms with Gasteiger partial charge in [0.15, 0.2) is 0 Å². The van der Waals surface area contributed by atoms with Crippen molar-refractivity contribution in [3.63, 3.8) is 0 Å². The van der Waals surface area contributed by atoms with Crippen LogP contribution in [0.15, 0.2) is 66.7 Å². The fourth-order valence-electron chi connectivity index (χ4n) is 3.38. The summed E-state index contributed by atoms with van der Waals surface area (Å²) in [5.41, 5.74) is 1.39. The van der Waals surface area contributed by atoms with E-state index in [9.17, 15) is 14.7 Å². The minimum Gasteiger partial charge on any atom is -0.507 e. The molecule has 0 radical (unpaired) electrons. The number of carbonyl (C=O) groups excluding carboxylic acids is 2. The second-order valence-electron chi connectivity index (χ2n) is 7.18. The molecule has 31 heavy (non-hydrogen) atoms. The van der Waals surface area contributed by atoms with E-state index >= 15 is 0 Å². The molecule has 0 unspecified atom stereocenters. The molecule has 0 aliphatic carbocycles. The van der Waals surface area contributed by atoms with Gasteiger partial charge in [-0.05, 0) is 30.0 Å². The lowest BCUT2D eigenvalue weighted by Gasteiger charge is -2.26. The number of phenols is 1. The SMILES string of the molecule is C[C@H](CCOC(=O)CS)[C@@H](OC(=O)Nc1ccccc1)c1ccc(O)c2ccccc12. The van der Waals surface area contributed by atoms with Crippen LogP contribution in [0.25, 0.3) is 10.8 Å². The summed E-state index contributed by atoms with van der Waals surface area (Å²) in [6, 6.07) is 19.8. The van der Waals surface area contributed by atoms with Crippen LogP contribution in [0.3, 0.4) is 0 Å². The quantitative estimate of drug-likeness (QED) is 0.326. The Bertz CT molecular complexity index is 1040. The molecule has 1 amide bonds. The highest BCUT2D eigenvalue weighted by Gasteiger charge is 2.26. The van der Waals surface area contributed by atoms with E-state index in [4.69, 9.17) is 9.47 Å². The third-order valence-electron chi connectivity index (χ3n) is 4.98. The molecule has 0 heterocycles. The number of esters is 1. The molecule has 0 aliphatic heterocycles. The van der Waals surface area contributed by atoms with E-state index in [0.29, 0.717) is 17.5 Å². The molecule has 0 saturated heterocycles. The predicted octanol–water partition coefficient (Wildman–Crippen LogP) is 5.33. The molecule has 0 aromatic heterocycles. The molecule has 3 rings (SSSR count).